The largest absolute Gasteiger partial charge is 0.344 e. The van der Waals surface area contributed by atoms with Crippen molar-refractivity contribution in [1.82, 2.24) is 20.4 Å². The minimum absolute atomic E-state index is 0. The molecule has 2 aliphatic heterocycles. The maximum Gasteiger partial charge on any atom is 0.245 e. The zero-order valence-corrected chi connectivity index (χ0v) is 28.5. The lowest BCUT2D eigenvalue weighted by molar-refractivity contribution is -0.139. The van der Waals surface area contributed by atoms with E-state index >= 15 is 0 Å². The van der Waals surface area contributed by atoms with Crippen LogP contribution in [0.4, 0.5) is 0 Å². The summed E-state index contributed by atoms with van der Waals surface area (Å²) in [6, 6.07) is 24.0. The summed E-state index contributed by atoms with van der Waals surface area (Å²) in [5.41, 5.74) is 6.41. The molecular formula is C36H45Cl3N4O2. The summed E-state index contributed by atoms with van der Waals surface area (Å²) in [5.74, 6) is 0.476. The molecule has 9 heteroatoms. The lowest BCUT2D eigenvalue weighted by Crippen LogP contribution is -2.61. The summed E-state index contributed by atoms with van der Waals surface area (Å²) in [6.07, 6.45) is 4.02. The van der Waals surface area contributed by atoms with E-state index in [-0.39, 0.29) is 48.2 Å². The minimum Gasteiger partial charge on any atom is -0.344 e. The molecule has 0 saturated carbocycles. The second-order valence-corrected chi connectivity index (χ2v) is 13.5. The van der Waals surface area contributed by atoms with Gasteiger partial charge in [-0.1, -0.05) is 86.1 Å². The predicted molar refractivity (Wildman–Crippen MR) is 186 cm³/mol. The number of hydrogen-bond acceptors (Lipinski definition) is 4. The maximum atomic E-state index is 14.1. The summed E-state index contributed by atoms with van der Waals surface area (Å²) in [7, 11) is 0. The van der Waals surface area contributed by atoms with E-state index in [2.05, 4.69) is 65.8 Å². The molecule has 2 amide bonds. The minimum atomic E-state index is -0.628. The highest BCUT2D eigenvalue weighted by Crippen LogP contribution is 2.39. The molecule has 1 fully saturated rings. The van der Waals surface area contributed by atoms with Crippen LogP contribution in [0.5, 0.6) is 0 Å². The molecule has 1 unspecified atom stereocenters. The molecule has 3 aromatic rings. The van der Waals surface area contributed by atoms with Crippen molar-refractivity contribution in [2.75, 3.05) is 26.2 Å². The van der Waals surface area contributed by atoms with Gasteiger partial charge >= 0.3 is 0 Å². The Labute approximate surface area is 285 Å². The first-order chi connectivity index (χ1) is 20.8. The molecule has 3 aromatic carbocycles. The molecule has 242 valence electrons. The van der Waals surface area contributed by atoms with Crippen LogP contribution in [0.2, 0.25) is 5.02 Å². The van der Waals surface area contributed by atoms with Crippen LogP contribution < -0.4 is 10.6 Å². The molecule has 1 aliphatic carbocycles. The third-order valence-corrected chi connectivity index (χ3v) is 9.81. The Balaban J connectivity index is 0.00000230. The highest BCUT2D eigenvalue weighted by molar-refractivity contribution is 6.30. The first-order valence-corrected chi connectivity index (χ1v) is 16.1. The highest BCUT2D eigenvalue weighted by Gasteiger charge is 2.44. The summed E-state index contributed by atoms with van der Waals surface area (Å²) in [6.45, 7) is 8.41. The molecule has 0 spiro atoms. The molecule has 2 N–H and O–H groups in total. The molecule has 3 aliphatic rings. The standard InChI is InChI=1S/C36H43ClN4O2.2ClH/c1-25(2)21-36(22-27-7-3-4-8-28(27)23-36)41-17-15-40(16-18-41)35(43)33(19-26-11-13-30(37)14-12-26)39-34(42)20-32-31-10-6-5-9-29(31)24-38-32;;/h3-14,25,32-33,38H,15-24H2,1-2H3,(H,39,42);2*1H/t32?,33-;;/m1../s1. The third-order valence-electron chi connectivity index (χ3n) is 9.55. The quantitative estimate of drug-likeness (QED) is 0.286. The van der Waals surface area contributed by atoms with Gasteiger partial charge in [0.25, 0.3) is 0 Å². The van der Waals surface area contributed by atoms with Gasteiger partial charge in [-0.2, -0.15) is 0 Å². The van der Waals surface area contributed by atoms with Crippen LogP contribution in [0.15, 0.2) is 72.8 Å². The fraction of sp³-hybridized carbons (Fsp3) is 0.444. The van der Waals surface area contributed by atoms with Gasteiger partial charge in [0.15, 0.2) is 0 Å². The van der Waals surface area contributed by atoms with Crippen LogP contribution in [0.1, 0.15) is 60.5 Å². The van der Waals surface area contributed by atoms with Crippen LogP contribution in [-0.2, 0) is 35.4 Å². The van der Waals surface area contributed by atoms with Crippen molar-refractivity contribution in [2.24, 2.45) is 5.92 Å². The van der Waals surface area contributed by atoms with E-state index in [0.29, 0.717) is 36.9 Å². The van der Waals surface area contributed by atoms with Gasteiger partial charge in [-0.05, 0) is 65.1 Å². The van der Waals surface area contributed by atoms with Gasteiger partial charge in [-0.15, -0.1) is 24.8 Å². The predicted octanol–water partition coefficient (Wildman–Crippen LogP) is 6.17. The van der Waals surface area contributed by atoms with Crippen LogP contribution in [0, 0.1) is 5.92 Å². The molecule has 0 aromatic heterocycles. The fourth-order valence-electron chi connectivity index (χ4n) is 7.61. The first kappa shape index (κ1) is 35.2. The van der Waals surface area contributed by atoms with Crippen LogP contribution >= 0.6 is 36.4 Å². The summed E-state index contributed by atoms with van der Waals surface area (Å²) >= 11 is 6.14. The SMILES string of the molecule is CC(C)CC1(N2CCN(C(=O)[C@@H](Cc3ccc(Cl)cc3)NC(=O)CC3NCc4ccccc43)CC2)Cc2ccccc2C1.Cl.Cl. The smallest absolute Gasteiger partial charge is 0.245 e. The number of fused-ring (bicyclic) bond motifs is 2. The van der Waals surface area contributed by atoms with Crippen molar-refractivity contribution in [1.29, 1.82) is 0 Å². The summed E-state index contributed by atoms with van der Waals surface area (Å²) < 4.78 is 0. The van der Waals surface area contributed by atoms with Crippen molar-refractivity contribution in [2.45, 2.75) is 70.1 Å². The normalized spacial score (nSPS) is 19.2. The van der Waals surface area contributed by atoms with E-state index < -0.39 is 6.04 Å². The average Bonchev–Trinajstić information content (AvgIpc) is 3.59. The summed E-state index contributed by atoms with van der Waals surface area (Å²) in [4.78, 5) is 32.0. The van der Waals surface area contributed by atoms with E-state index in [4.69, 9.17) is 11.6 Å². The second kappa shape index (κ2) is 15.3. The number of nitrogens with zero attached hydrogens (tertiary/aromatic N) is 2. The molecule has 0 radical (unpaired) electrons. The second-order valence-electron chi connectivity index (χ2n) is 13.0. The molecule has 2 atom stereocenters. The number of carbonyl (C=O) groups is 2. The monoisotopic (exact) mass is 670 g/mol. The lowest BCUT2D eigenvalue weighted by atomic mass is 9.83. The van der Waals surface area contributed by atoms with E-state index in [1.807, 2.05) is 41.3 Å². The number of benzene rings is 3. The fourth-order valence-corrected chi connectivity index (χ4v) is 7.73. The first-order valence-electron chi connectivity index (χ1n) is 15.8. The van der Waals surface area contributed by atoms with E-state index in [1.165, 1.54) is 22.3 Å². The molecule has 2 heterocycles. The molecule has 6 rings (SSSR count). The van der Waals surface area contributed by atoms with Gasteiger partial charge in [-0.3, -0.25) is 14.5 Å². The van der Waals surface area contributed by atoms with Crippen LogP contribution in [-0.4, -0.2) is 59.4 Å². The Morgan fingerprint density at radius 3 is 2.11 bits per heavy atom. The Hall–Kier alpha value is -2.61. The average molecular weight is 672 g/mol. The molecule has 1 saturated heterocycles. The maximum absolute atomic E-state index is 14.1. The van der Waals surface area contributed by atoms with Gasteiger partial charge in [-0.25, -0.2) is 0 Å². The van der Waals surface area contributed by atoms with Gasteiger partial charge in [0.05, 0.1) is 0 Å². The Morgan fingerprint density at radius 1 is 0.889 bits per heavy atom. The van der Waals surface area contributed by atoms with Crippen molar-refractivity contribution < 1.29 is 9.59 Å². The highest BCUT2D eigenvalue weighted by atomic mass is 35.5. The van der Waals surface area contributed by atoms with E-state index in [9.17, 15) is 9.59 Å². The topological polar surface area (TPSA) is 64.7 Å². The Kier molecular flexibility index (Phi) is 12.0. The molecule has 45 heavy (non-hydrogen) atoms. The lowest BCUT2D eigenvalue weighted by Gasteiger charge is -2.47. The van der Waals surface area contributed by atoms with Crippen molar-refractivity contribution in [3.8, 4) is 0 Å². The molecular weight excluding hydrogens is 627 g/mol. The number of nitrogens with one attached hydrogen (secondary N) is 2. The third kappa shape index (κ3) is 8.04. The van der Waals surface area contributed by atoms with Gasteiger partial charge in [0.1, 0.15) is 6.04 Å². The number of halogens is 3. The number of amides is 2. The number of hydrogen-bond donors (Lipinski definition) is 2. The Morgan fingerprint density at radius 2 is 1.49 bits per heavy atom. The zero-order valence-electron chi connectivity index (χ0n) is 26.1. The van der Waals surface area contributed by atoms with Crippen molar-refractivity contribution >= 4 is 48.2 Å². The number of rotatable bonds is 9. The van der Waals surface area contributed by atoms with Crippen LogP contribution in [0.25, 0.3) is 0 Å². The van der Waals surface area contributed by atoms with Gasteiger partial charge in [0.2, 0.25) is 11.8 Å². The van der Waals surface area contributed by atoms with Crippen molar-refractivity contribution in [3.05, 3.63) is 106 Å². The molecule has 0 bridgehead atoms. The zero-order chi connectivity index (χ0) is 30.0. The van der Waals surface area contributed by atoms with Gasteiger partial charge < -0.3 is 15.5 Å². The van der Waals surface area contributed by atoms with Crippen molar-refractivity contribution in [3.63, 3.8) is 0 Å². The number of piperazine rings is 1. The van der Waals surface area contributed by atoms with E-state index in [0.717, 1.165) is 44.5 Å². The van der Waals surface area contributed by atoms with Crippen LogP contribution in [0.3, 0.4) is 0 Å². The molecule has 6 nitrogen and oxygen atoms in total. The number of carbonyl (C=O) groups excluding carboxylic acids is 2. The van der Waals surface area contributed by atoms with E-state index in [1.54, 1.807) is 0 Å². The van der Waals surface area contributed by atoms with Gasteiger partial charge in [0, 0.05) is 62.2 Å². The Bertz CT molecular complexity index is 1430. The summed E-state index contributed by atoms with van der Waals surface area (Å²) in [5, 5.41) is 7.24.